The Morgan fingerprint density at radius 2 is 1.96 bits per heavy atom. The van der Waals surface area contributed by atoms with Crippen molar-refractivity contribution in [2.75, 3.05) is 19.8 Å². The molecule has 0 saturated carbocycles. The van der Waals surface area contributed by atoms with E-state index in [-0.39, 0.29) is 12.3 Å². The predicted octanol–water partition coefficient (Wildman–Crippen LogP) is 0.839. The molecule has 2 heterocycles. The molecule has 0 spiro atoms. The molecule has 1 aromatic heterocycles. The smallest absolute Gasteiger partial charge is 0.433 e. The maximum atomic E-state index is 12.1. The standard InChI is InChI=1S/C16H14N4O7/c21-14(19-18-8-11-2-4-15(27-11)20(23)24)9-17-16(22)10-1-3-12-13(7-10)26-6-5-25-12/h1-4,7-8H,5-6,9H2,(H,17,22)(H,19,21). The average Bonchev–Trinajstić information content (AvgIpc) is 3.15. The number of nitrogens with one attached hydrogen (secondary N) is 2. The van der Waals surface area contributed by atoms with Crippen molar-refractivity contribution in [3.63, 3.8) is 0 Å². The summed E-state index contributed by atoms with van der Waals surface area (Å²) in [5.41, 5.74) is 2.49. The summed E-state index contributed by atoms with van der Waals surface area (Å²) < 4.78 is 15.6. The van der Waals surface area contributed by atoms with Crippen LogP contribution in [0.2, 0.25) is 0 Å². The number of hydrazone groups is 1. The Labute approximate surface area is 152 Å². The monoisotopic (exact) mass is 374 g/mol. The van der Waals surface area contributed by atoms with Gasteiger partial charge in [-0.1, -0.05) is 0 Å². The molecule has 0 aliphatic carbocycles. The highest BCUT2D eigenvalue weighted by molar-refractivity contribution is 5.97. The van der Waals surface area contributed by atoms with Gasteiger partial charge in [-0.2, -0.15) is 5.10 Å². The molecule has 0 saturated heterocycles. The van der Waals surface area contributed by atoms with Crippen molar-refractivity contribution in [2.24, 2.45) is 5.10 Å². The number of nitrogens with zero attached hydrogens (tertiary/aromatic N) is 2. The van der Waals surface area contributed by atoms with E-state index in [9.17, 15) is 19.7 Å². The van der Waals surface area contributed by atoms with Crippen molar-refractivity contribution in [1.82, 2.24) is 10.7 Å². The number of hydrogen-bond donors (Lipinski definition) is 2. The lowest BCUT2D eigenvalue weighted by Crippen LogP contribution is -2.35. The second-order valence-corrected chi connectivity index (χ2v) is 5.27. The van der Waals surface area contributed by atoms with Crippen LogP contribution in [-0.4, -0.2) is 42.7 Å². The zero-order valence-corrected chi connectivity index (χ0v) is 13.8. The zero-order valence-electron chi connectivity index (χ0n) is 13.8. The molecule has 2 amide bonds. The first-order valence-electron chi connectivity index (χ1n) is 7.77. The first-order valence-corrected chi connectivity index (χ1v) is 7.77. The van der Waals surface area contributed by atoms with E-state index in [0.29, 0.717) is 30.3 Å². The Balaban J connectivity index is 1.47. The van der Waals surface area contributed by atoms with Gasteiger partial charge in [0, 0.05) is 5.56 Å². The molecule has 1 aromatic carbocycles. The number of fused-ring (bicyclic) bond motifs is 1. The number of benzene rings is 1. The molecular formula is C16H14N4O7. The predicted molar refractivity (Wildman–Crippen MR) is 90.9 cm³/mol. The number of nitro groups is 1. The highest BCUT2D eigenvalue weighted by Gasteiger charge is 2.15. The summed E-state index contributed by atoms with van der Waals surface area (Å²) in [6, 6.07) is 7.21. The fourth-order valence-electron chi connectivity index (χ4n) is 2.16. The van der Waals surface area contributed by atoms with Crippen molar-refractivity contribution in [1.29, 1.82) is 0 Å². The summed E-state index contributed by atoms with van der Waals surface area (Å²) in [6.45, 7) is 0.533. The van der Waals surface area contributed by atoms with Crippen LogP contribution in [0.5, 0.6) is 11.5 Å². The summed E-state index contributed by atoms with van der Waals surface area (Å²) >= 11 is 0. The summed E-state index contributed by atoms with van der Waals surface area (Å²) in [5, 5.41) is 16.5. The van der Waals surface area contributed by atoms with E-state index in [4.69, 9.17) is 13.9 Å². The van der Waals surface area contributed by atoms with Crippen LogP contribution in [0.4, 0.5) is 5.88 Å². The van der Waals surface area contributed by atoms with Crippen LogP contribution in [-0.2, 0) is 4.79 Å². The molecule has 0 atom stereocenters. The molecule has 11 heteroatoms. The van der Waals surface area contributed by atoms with E-state index >= 15 is 0 Å². The lowest BCUT2D eigenvalue weighted by Gasteiger charge is -2.18. The normalized spacial score (nSPS) is 12.6. The van der Waals surface area contributed by atoms with Crippen LogP contribution >= 0.6 is 0 Å². The number of amides is 2. The summed E-state index contributed by atoms with van der Waals surface area (Å²) in [6.07, 6.45) is 1.10. The van der Waals surface area contributed by atoms with Crippen LogP contribution in [0.15, 0.2) is 39.9 Å². The van der Waals surface area contributed by atoms with Gasteiger partial charge in [0.25, 0.3) is 11.8 Å². The van der Waals surface area contributed by atoms with Crippen molar-refractivity contribution in [2.45, 2.75) is 0 Å². The number of furan rings is 1. The van der Waals surface area contributed by atoms with Crippen LogP contribution in [0.3, 0.4) is 0 Å². The molecule has 0 bridgehead atoms. The third-order valence-electron chi connectivity index (χ3n) is 3.39. The Morgan fingerprint density at radius 3 is 2.70 bits per heavy atom. The first kappa shape index (κ1) is 17.9. The molecule has 2 aromatic rings. The van der Waals surface area contributed by atoms with Crippen LogP contribution in [0.25, 0.3) is 0 Å². The van der Waals surface area contributed by atoms with E-state index < -0.39 is 22.6 Å². The molecule has 1 aliphatic rings. The quantitative estimate of drug-likeness (QED) is 0.433. The number of ether oxygens (including phenoxy) is 2. The number of hydrogen-bond acceptors (Lipinski definition) is 8. The van der Waals surface area contributed by atoms with E-state index in [1.54, 1.807) is 12.1 Å². The first-order chi connectivity index (χ1) is 13.0. The lowest BCUT2D eigenvalue weighted by molar-refractivity contribution is -0.402. The van der Waals surface area contributed by atoms with E-state index in [1.807, 2.05) is 0 Å². The SMILES string of the molecule is O=C(CNC(=O)c1ccc2c(c1)OCCO2)NN=Cc1ccc([N+](=O)[O-])o1. The second kappa shape index (κ2) is 7.99. The van der Waals surface area contributed by atoms with Gasteiger partial charge in [-0.3, -0.25) is 19.7 Å². The minimum atomic E-state index is -0.691. The number of carbonyl (C=O) groups is 2. The maximum absolute atomic E-state index is 12.1. The van der Waals surface area contributed by atoms with Crippen LogP contribution in [0, 0.1) is 10.1 Å². The Bertz CT molecular complexity index is 906. The molecule has 3 rings (SSSR count). The third-order valence-corrected chi connectivity index (χ3v) is 3.39. The Kier molecular flexibility index (Phi) is 5.30. The van der Waals surface area contributed by atoms with Crippen LogP contribution < -0.4 is 20.2 Å². The molecule has 140 valence electrons. The van der Waals surface area contributed by atoms with E-state index in [0.717, 1.165) is 12.3 Å². The van der Waals surface area contributed by atoms with Crippen LogP contribution in [0.1, 0.15) is 16.1 Å². The number of rotatable bonds is 6. The highest BCUT2D eigenvalue weighted by atomic mass is 16.6. The molecule has 1 aliphatic heterocycles. The van der Waals surface area contributed by atoms with Crippen molar-refractivity contribution >= 4 is 23.9 Å². The molecule has 0 unspecified atom stereocenters. The van der Waals surface area contributed by atoms with Gasteiger partial charge in [-0.25, -0.2) is 5.43 Å². The van der Waals surface area contributed by atoms with E-state index in [1.165, 1.54) is 12.1 Å². The van der Waals surface area contributed by atoms with Gasteiger partial charge in [0.05, 0.1) is 18.8 Å². The lowest BCUT2D eigenvalue weighted by atomic mass is 10.2. The minimum Gasteiger partial charge on any atom is -0.486 e. The van der Waals surface area contributed by atoms with Gasteiger partial charge in [0.15, 0.2) is 17.3 Å². The van der Waals surface area contributed by atoms with Crippen molar-refractivity contribution in [3.8, 4) is 11.5 Å². The molecule has 0 radical (unpaired) electrons. The molecule has 2 N–H and O–H groups in total. The number of carbonyl (C=O) groups excluding carboxylic acids is 2. The van der Waals surface area contributed by atoms with Crippen molar-refractivity contribution < 1.29 is 28.4 Å². The van der Waals surface area contributed by atoms with Gasteiger partial charge in [0.1, 0.15) is 18.1 Å². The average molecular weight is 374 g/mol. The summed E-state index contributed by atoms with van der Waals surface area (Å²) in [7, 11) is 0. The van der Waals surface area contributed by atoms with Gasteiger partial charge >= 0.3 is 5.88 Å². The largest absolute Gasteiger partial charge is 0.486 e. The molecular weight excluding hydrogens is 360 g/mol. The third kappa shape index (κ3) is 4.60. The van der Waals surface area contributed by atoms with Gasteiger partial charge < -0.3 is 19.2 Å². The topological polar surface area (TPSA) is 145 Å². The Hall–Kier alpha value is -3.89. The van der Waals surface area contributed by atoms with Gasteiger partial charge in [0.2, 0.25) is 0 Å². The maximum Gasteiger partial charge on any atom is 0.433 e. The van der Waals surface area contributed by atoms with E-state index in [2.05, 4.69) is 15.8 Å². The molecule has 0 fully saturated rings. The minimum absolute atomic E-state index is 0.0994. The zero-order chi connectivity index (χ0) is 19.2. The van der Waals surface area contributed by atoms with Gasteiger partial charge in [-0.05, 0) is 24.3 Å². The van der Waals surface area contributed by atoms with Crippen molar-refractivity contribution in [3.05, 3.63) is 51.8 Å². The fraction of sp³-hybridized carbons (Fsp3) is 0.188. The fourth-order valence-corrected chi connectivity index (χ4v) is 2.16. The highest BCUT2D eigenvalue weighted by Crippen LogP contribution is 2.30. The second-order valence-electron chi connectivity index (χ2n) is 5.27. The summed E-state index contributed by atoms with van der Waals surface area (Å²) in [4.78, 5) is 33.6. The molecule has 27 heavy (non-hydrogen) atoms. The summed E-state index contributed by atoms with van der Waals surface area (Å²) in [5.74, 6) is -0.360. The Morgan fingerprint density at radius 1 is 1.19 bits per heavy atom. The van der Waals surface area contributed by atoms with Gasteiger partial charge in [-0.15, -0.1) is 0 Å². The molecule has 11 nitrogen and oxygen atoms in total.